The maximum atomic E-state index is 12.1. The van der Waals surface area contributed by atoms with E-state index >= 15 is 0 Å². The van der Waals surface area contributed by atoms with E-state index in [1.807, 2.05) is 13.8 Å². The standard InChI is InChI=1S/C13H18O4S/c1-9(2)6-7-18(16,17)12-8-11(13(14)15)5-4-10(12)3/h4-5,8-9H,6-7H2,1-3H3,(H,14,15). The molecule has 100 valence electrons. The van der Waals surface area contributed by atoms with E-state index < -0.39 is 15.8 Å². The Morgan fingerprint density at radius 2 is 1.94 bits per heavy atom. The van der Waals surface area contributed by atoms with Crippen LogP contribution in [0.25, 0.3) is 0 Å². The Morgan fingerprint density at radius 1 is 1.33 bits per heavy atom. The van der Waals surface area contributed by atoms with E-state index in [1.54, 1.807) is 6.92 Å². The van der Waals surface area contributed by atoms with Crippen LogP contribution in [0.1, 0.15) is 36.2 Å². The first-order valence-electron chi connectivity index (χ1n) is 5.80. The Hall–Kier alpha value is -1.36. The Morgan fingerprint density at radius 3 is 2.44 bits per heavy atom. The molecule has 1 aromatic rings. The molecule has 0 radical (unpaired) electrons. The number of hydrogen-bond donors (Lipinski definition) is 1. The van der Waals surface area contributed by atoms with Gasteiger partial charge in [-0.25, -0.2) is 13.2 Å². The van der Waals surface area contributed by atoms with E-state index in [0.29, 0.717) is 17.9 Å². The molecule has 0 aliphatic heterocycles. The fourth-order valence-corrected chi connectivity index (χ4v) is 3.44. The molecule has 1 aromatic carbocycles. The topological polar surface area (TPSA) is 71.4 Å². The highest BCUT2D eigenvalue weighted by Gasteiger charge is 2.19. The smallest absolute Gasteiger partial charge is 0.335 e. The van der Waals surface area contributed by atoms with Gasteiger partial charge < -0.3 is 5.11 Å². The van der Waals surface area contributed by atoms with Gasteiger partial charge in [-0.1, -0.05) is 19.9 Å². The van der Waals surface area contributed by atoms with E-state index in [0.717, 1.165) is 0 Å². The van der Waals surface area contributed by atoms with Crippen molar-refractivity contribution in [3.05, 3.63) is 29.3 Å². The van der Waals surface area contributed by atoms with E-state index in [4.69, 9.17) is 5.11 Å². The molecule has 4 nitrogen and oxygen atoms in total. The summed E-state index contributed by atoms with van der Waals surface area (Å²) in [7, 11) is -3.41. The molecule has 0 fully saturated rings. The number of aromatic carboxylic acids is 1. The summed E-state index contributed by atoms with van der Waals surface area (Å²) < 4.78 is 24.3. The van der Waals surface area contributed by atoms with Gasteiger partial charge in [-0.15, -0.1) is 0 Å². The minimum atomic E-state index is -3.41. The van der Waals surface area contributed by atoms with Crippen molar-refractivity contribution in [2.45, 2.75) is 32.1 Å². The maximum absolute atomic E-state index is 12.1. The van der Waals surface area contributed by atoms with Crippen molar-refractivity contribution < 1.29 is 18.3 Å². The van der Waals surface area contributed by atoms with Gasteiger partial charge in [0.15, 0.2) is 9.84 Å². The van der Waals surface area contributed by atoms with Crippen molar-refractivity contribution in [2.75, 3.05) is 5.75 Å². The third kappa shape index (κ3) is 3.57. The number of rotatable bonds is 5. The van der Waals surface area contributed by atoms with Crippen molar-refractivity contribution >= 4 is 15.8 Å². The van der Waals surface area contributed by atoms with Gasteiger partial charge in [0.25, 0.3) is 0 Å². The lowest BCUT2D eigenvalue weighted by Crippen LogP contribution is -2.11. The number of aryl methyl sites for hydroxylation is 1. The molecule has 5 heteroatoms. The maximum Gasteiger partial charge on any atom is 0.335 e. The van der Waals surface area contributed by atoms with Crippen LogP contribution in [0.4, 0.5) is 0 Å². The Kier molecular flexibility index (Phi) is 4.51. The van der Waals surface area contributed by atoms with Gasteiger partial charge in [0, 0.05) is 0 Å². The number of carboxylic acids is 1. The molecular weight excluding hydrogens is 252 g/mol. The number of carbonyl (C=O) groups is 1. The van der Waals surface area contributed by atoms with Crippen molar-refractivity contribution in [3.63, 3.8) is 0 Å². The molecule has 0 spiro atoms. The van der Waals surface area contributed by atoms with Gasteiger partial charge >= 0.3 is 5.97 Å². The van der Waals surface area contributed by atoms with E-state index in [1.165, 1.54) is 18.2 Å². The highest BCUT2D eigenvalue weighted by Crippen LogP contribution is 2.20. The van der Waals surface area contributed by atoms with Gasteiger partial charge in [-0.05, 0) is 37.0 Å². The minimum absolute atomic E-state index is 0.00345. The van der Waals surface area contributed by atoms with Crippen LogP contribution in [0.2, 0.25) is 0 Å². The minimum Gasteiger partial charge on any atom is -0.478 e. The highest BCUT2D eigenvalue weighted by atomic mass is 32.2. The van der Waals surface area contributed by atoms with Gasteiger partial charge in [0.2, 0.25) is 0 Å². The molecule has 0 aromatic heterocycles. The predicted molar refractivity (Wildman–Crippen MR) is 69.6 cm³/mol. The van der Waals surface area contributed by atoms with Crippen molar-refractivity contribution in [1.29, 1.82) is 0 Å². The second-order valence-electron chi connectivity index (χ2n) is 4.79. The number of sulfone groups is 1. The summed E-state index contributed by atoms with van der Waals surface area (Å²) in [6.07, 6.45) is 0.569. The summed E-state index contributed by atoms with van der Waals surface area (Å²) in [6.45, 7) is 5.58. The molecule has 0 saturated carbocycles. The van der Waals surface area contributed by atoms with Crippen molar-refractivity contribution in [2.24, 2.45) is 5.92 Å². The zero-order valence-electron chi connectivity index (χ0n) is 10.8. The van der Waals surface area contributed by atoms with Crippen molar-refractivity contribution in [1.82, 2.24) is 0 Å². The van der Waals surface area contributed by atoms with Crippen LogP contribution in [0, 0.1) is 12.8 Å². The largest absolute Gasteiger partial charge is 0.478 e. The monoisotopic (exact) mass is 270 g/mol. The number of carboxylic acid groups (broad SMARTS) is 1. The Bertz CT molecular complexity index is 544. The van der Waals surface area contributed by atoms with Crippen LogP contribution in [-0.4, -0.2) is 25.2 Å². The molecular formula is C13H18O4S. The lowest BCUT2D eigenvalue weighted by atomic mass is 10.1. The second kappa shape index (κ2) is 5.52. The first kappa shape index (κ1) is 14.7. The van der Waals surface area contributed by atoms with Crippen LogP contribution in [0.3, 0.4) is 0 Å². The highest BCUT2D eigenvalue weighted by molar-refractivity contribution is 7.91. The normalized spacial score (nSPS) is 11.8. The molecule has 0 aliphatic carbocycles. The van der Waals surface area contributed by atoms with Crippen LogP contribution < -0.4 is 0 Å². The number of hydrogen-bond acceptors (Lipinski definition) is 3. The van der Waals surface area contributed by atoms with Crippen LogP contribution in [0.5, 0.6) is 0 Å². The van der Waals surface area contributed by atoms with Gasteiger partial charge in [0.1, 0.15) is 0 Å². The molecule has 0 bridgehead atoms. The van der Waals surface area contributed by atoms with Crippen LogP contribution in [0.15, 0.2) is 23.1 Å². The first-order chi connectivity index (χ1) is 8.24. The Labute approximate surface area is 108 Å². The van der Waals surface area contributed by atoms with E-state index in [2.05, 4.69) is 0 Å². The third-order valence-electron chi connectivity index (χ3n) is 2.73. The molecule has 0 heterocycles. The first-order valence-corrected chi connectivity index (χ1v) is 7.46. The van der Waals surface area contributed by atoms with Gasteiger partial charge in [-0.2, -0.15) is 0 Å². The summed E-state index contributed by atoms with van der Waals surface area (Å²) in [5, 5.41) is 8.89. The zero-order valence-corrected chi connectivity index (χ0v) is 11.6. The summed E-state index contributed by atoms with van der Waals surface area (Å²) in [5.74, 6) is -0.771. The molecule has 0 unspecified atom stereocenters. The molecule has 0 atom stereocenters. The quantitative estimate of drug-likeness (QED) is 0.892. The van der Waals surface area contributed by atoms with E-state index in [9.17, 15) is 13.2 Å². The fourth-order valence-electron chi connectivity index (χ4n) is 1.57. The molecule has 1 rings (SSSR count). The summed E-state index contributed by atoms with van der Waals surface area (Å²) in [5.41, 5.74) is 0.590. The second-order valence-corrected chi connectivity index (χ2v) is 6.86. The zero-order chi connectivity index (χ0) is 13.9. The molecule has 0 amide bonds. The summed E-state index contributed by atoms with van der Waals surface area (Å²) in [6, 6.07) is 4.19. The average molecular weight is 270 g/mol. The SMILES string of the molecule is Cc1ccc(C(=O)O)cc1S(=O)(=O)CCC(C)C. The summed E-state index contributed by atoms with van der Waals surface area (Å²) >= 11 is 0. The van der Waals surface area contributed by atoms with E-state index in [-0.39, 0.29) is 16.2 Å². The summed E-state index contributed by atoms with van der Waals surface area (Å²) in [4.78, 5) is 11.0. The fraction of sp³-hybridized carbons (Fsp3) is 0.462. The van der Waals surface area contributed by atoms with Crippen molar-refractivity contribution in [3.8, 4) is 0 Å². The Balaban J connectivity index is 3.15. The lowest BCUT2D eigenvalue weighted by molar-refractivity contribution is 0.0696. The molecule has 1 N–H and O–H groups in total. The average Bonchev–Trinajstić information content (AvgIpc) is 2.26. The third-order valence-corrected chi connectivity index (χ3v) is 4.62. The van der Waals surface area contributed by atoms with Gasteiger partial charge in [-0.3, -0.25) is 0 Å². The number of benzene rings is 1. The predicted octanol–water partition coefficient (Wildman–Crippen LogP) is 2.51. The van der Waals surface area contributed by atoms with Crippen LogP contribution in [-0.2, 0) is 9.84 Å². The lowest BCUT2D eigenvalue weighted by Gasteiger charge is -2.10. The molecule has 0 saturated heterocycles. The van der Waals surface area contributed by atoms with Crippen LogP contribution >= 0.6 is 0 Å². The van der Waals surface area contributed by atoms with Gasteiger partial charge in [0.05, 0.1) is 16.2 Å². The molecule has 18 heavy (non-hydrogen) atoms. The molecule has 0 aliphatic rings.